The highest BCUT2D eigenvalue weighted by Gasteiger charge is 2.39. The Hall–Kier alpha value is -3.71. The molecule has 7 heteroatoms. The summed E-state index contributed by atoms with van der Waals surface area (Å²) in [6.07, 6.45) is 9.03. The van der Waals surface area contributed by atoms with Crippen LogP contribution in [0.4, 0.5) is 0 Å². The monoisotopic (exact) mass is 427 g/mol. The van der Waals surface area contributed by atoms with E-state index in [9.17, 15) is 5.11 Å². The summed E-state index contributed by atoms with van der Waals surface area (Å²) in [7, 11) is 1.66. The van der Waals surface area contributed by atoms with E-state index in [1.54, 1.807) is 13.4 Å². The fourth-order valence-corrected chi connectivity index (χ4v) is 4.21. The lowest BCUT2D eigenvalue weighted by Gasteiger charge is -2.31. The van der Waals surface area contributed by atoms with Crippen LogP contribution in [0.2, 0.25) is 0 Å². The summed E-state index contributed by atoms with van der Waals surface area (Å²) < 4.78 is 9.36. The molecule has 1 atom stereocenters. The highest BCUT2D eigenvalue weighted by Crippen LogP contribution is 2.36. The molecule has 0 fully saturated rings. The summed E-state index contributed by atoms with van der Waals surface area (Å²) in [6, 6.07) is 15.7. The van der Waals surface area contributed by atoms with Gasteiger partial charge in [-0.15, -0.1) is 0 Å². The van der Waals surface area contributed by atoms with Gasteiger partial charge in [-0.05, 0) is 49.1 Å². The van der Waals surface area contributed by atoms with Crippen LogP contribution in [0.1, 0.15) is 41.3 Å². The van der Waals surface area contributed by atoms with Crippen LogP contribution in [-0.4, -0.2) is 36.5 Å². The molecule has 2 aromatic heterocycles. The number of ether oxygens (including phenoxy) is 1. The first kappa shape index (κ1) is 20.2. The number of methoxy groups -OCH3 is 1. The van der Waals surface area contributed by atoms with Crippen LogP contribution in [0.3, 0.4) is 0 Å². The zero-order valence-electron chi connectivity index (χ0n) is 18.1. The SMILES string of the molecule is COc1cc(C=Cc2nc3n(n2)CCCC3(O)c2ccccc2)ccc1-n1cnc(C)c1. The molecule has 162 valence electrons. The molecule has 0 aliphatic carbocycles. The number of benzene rings is 2. The van der Waals surface area contributed by atoms with Gasteiger partial charge in [0, 0.05) is 12.7 Å². The van der Waals surface area contributed by atoms with Crippen LogP contribution in [0.15, 0.2) is 61.1 Å². The van der Waals surface area contributed by atoms with Crippen LogP contribution < -0.4 is 4.74 Å². The van der Waals surface area contributed by atoms with Crippen molar-refractivity contribution in [1.29, 1.82) is 0 Å². The van der Waals surface area contributed by atoms with Gasteiger partial charge in [-0.3, -0.25) is 0 Å². The number of aryl methyl sites for hydroxylation is 2. The van der Waals surface area contributed by atoms with Crippen LogP contribution >= 0.6 is 0 Å². The van der Waals surface area contributed by atoms with Crippen molar-refractivity contribution >= 4 is 12.2 Å². The number of imidazole rings is 1. The molecule has 5 rings (SSSR count). The van der Waals surface area contributed by atoms with E-state index < -0.39 is 5.60 Å². The molecule has 1 aliphatic heterocycles. The number of hydrogen-bond acceptors (Lipinski definition) is 5. The minimum Gasteiger partial charge on any atom is -0.495 e. The number of rotatable bonds is 5. The Morgan fingerprint density at radius 1 is 1.12 bits per heavy atom. The molecule has 32 heavy (non-hydrogen) atoms. The molecule has 0 radical (unpaired) electrons. The van der Waals surface area contributed by atoms with E-state index in [0.29, 0.717) is 18.1 Å². The maximum Gasteiger partial charge on any atom is 0.174 e. The number of fused-ring (bicyclic) bond motifs is 1. The van der Waals surface area contributed by atoms with Crippen molar-refractivity contribution < 1.29 is 9.84 Å². The predicted molar refractivity (Wildman–Crippen MR) is 122 cm³/mol. The van der Waals surface area contributed by atoms with Crippen molar-refractivity contribution in [2.45, 2.75) is 31.9 Å². The molecule has 3 heterocycles. The lowest BCUT2D eigenvalue weighted by molar-refractivity contribution is 0.0395. The summed E-state index contributed by atoms with van der Waals surface area (Å²) in [4.78, 5) is 8.96. The van der Waals surface area contributed by atoms with E-state index in [4.69, 9.17) is 4.74 Å². The molecule has 1 unspecified atom stereocenters. The Morgan fingerprint density at radius 2 is 1.97 bits per heavy atom. The van der Waals surface area contributed by atoms with Crippen molar-refractivity contribution in [3.05, 3.63) is 89.5 Å². The van der Waals surface area contributed by atoms with Gasteiger partial charge >= 0.3 is 0 Å². The lowest BCUT2D eigenvalue weighted by atomic mass is 9.86. The smallest absolute Gasteiger partial charge is 0.174 e. The topological polar surface area (TPSA) is 78.0 Å². The number of aliphatic hydroxyl groups is 1. The largest absolute Gasteiger partial charge is 0.495 e. The number of nitrogens with zero attached hydrogens (tertiary/aromatic N) is 5. The average molecular weight is 428 g/mol. The van der Waals surface area contributed by atoms with Crippen molar-refractivity contribution in [2.75, 3.05) is 7.11 Å². The summed E-state index contributed by atoms with van der Waals surface area (Å²) in [5, 5.41) is 16.0. The second kappa shape index (κ2) is 8.09. The molecule has 1 N–H and O–H groups in total. The second-order valence-electron chi connectivity index (χ2n) is 8.03. The molecule has 7 nitrogen and oxygen atoms in total. The van der Waals surface area contributed by atoms with E-state index in [-0.39, 0.29) is 0 Å². The Balaban J connectivity index is 1.44. The summed E-state index contributed by atoms with van der Waals surface area (Å²) in [5.74, 6) is 1.92. The third kappa shape index (κ3) is 3.61. The second-order valence-corrected chi connectivity index (χ2v) is 8.03. The van der Waals surface area contributed by atoms with E-state index in [1.807, 2.05) is 83.1 Å². The highest BCUT2D eigenvalue weighted by atomic mass is 16.5. The number of hydrogen-bond donors (Lipinski definition) is 1. The average Bonchev–Trinajstić information content (AvgIpc) is 3.45. The van der Waals surface area contributed by atoms with Gasteiger partial charge in [-0.2, -0.15) is 5.10 Å². The normalized spacial score (nSPS) is 18.1. The molecule has 2 aromatic carbocycles. The standard InChI is InChI=1S/C25H25N5O2/c1-18-16-29(17-26-18)21-11-9-19(15-22(21)32-2)10-12-23-27-24-25(31,13-6-14-30(24)28-23)20-7-4-3-5-8-20/h3-5,7-12,15-17,31H,6,13-14H2,1-2H3. The van der Waals surface area contributed by atoms with E-state index >= 15 is 0 Å². The van der Waals surface area contributed by atoms with Gasteiger partial charge in [0.05, 0.1) is 24.8 Å². The summed E-state index contributed by atoms with van der Waals surface area (Å²) >= 11 is 0. The van der Waals surface area contributed by atoms with E-state index in [0.717, 1.165) is 41.2 Å². The summed E-state index contributed by atoms with van der Waals surface area (Å²) in [6.45, 7) is 2.70. The third-order valence-corrected chi connectivity index (χ3v) is 5.84. The van der Waals surface area contributed by atoms with Gasteiger partial charge < -0.3 is 14.4 Å². The van der Waals surface area contributed by atoms with E-state index in [1.165, 1.54) is 0 Å². The first-order valence-corrected chi connectivity index (χ1v) is 10.7. The van der Waals surface area contributed by atoms with Crippen LogP contribution in [0.25, 0.3) is 17.8 Å². The molecule has 0 spiro atoms. The van der Waals surface area contributed by atoms with Crippen molar-refractivity contribution in [2.24, 2.45) is 0 Å². The maximum atomic E-state index is 11.4. The van der Waals surface area contributed by atoms with Crippen molar-refractivity contribution in [1.82, 2.24) is 24.3 Å². The Labute approximate surface area is 186 Å². The van der Waals surface area contributed by atoms with Crippen LogP contribution in [0, 0.1) is 6.92 Å². The fraction of sp³-hybridized carbons (Fsp3) is 0.240. The number of aromatic nitrogens is 5. The van der Waals surface area contributed by atoms with Gasteiger partial charge in [-0.25, -0.2) is 14.6 Å². The van der Waals surface area contributed by atoms with Crippen molar-refractivity contribution in [3.8, 4) is 11.4 Å². The van der Waals surface area contributed by atoms with Gasteiger partial charge in [0.1, 0.15) is 11.4 Å². The highest BCUT2D eigenvalue weighted by molar-refractivity contribution is 5.69. The fourth-order valence-electron chi connectivity index (χ4n) is 4.21. The van der Waals surface area contributed by atoms with E-state index in [2.05, 4.69) is 15.1 Å². The predicted octanol–water partition coefficient (Wildman–Crippen LogP) is 3.98. The van der Waals surface area contributed by atoms with Gasteiger partial charge in [0.25, 0.3) is 0 Å². The molecule has 0 saturated heterocycles. The quantitative estimate of drug-likeness (QED) is 0.521. The van der Waals surface area contributed by atoms with Gasteiger partial charge in [-0.1, -0.05) is 42.5 Å². The minimum atomic E-state index is -1.12. The third-order valence-electron chi connectivity index (χ3n) is 5.84. The first-order valence-electron chi connectivity index (χ1n) is 10.7. The molecule has 0 amide bonds. The minimum absolute atomic E-state index is 0.574. The van der Waals surface area contributed by atoms with Gasteiger partial charge in [0.2, 0.25) is 0 Å². The Kier molecular flexibility index (Phi) is 5.11. The lowest BCUT2D eigenvalue weighted by Crippen LogP contribution is -2.35. The zero-order valence-corrected chi connectivity index (χ0v) is 18.1. The van der Waals surface area contributed by atoms with Crippen LogP contribution in [0.5, 0.6) is 5.75 Å². The van der Waals surface area contributed by atoms with Gasteiger partial charge in [0.15, 0.2) is 11.6 Å². The summed E-state index contributed by atoms with van der Waals surface area (Å²) in [5.41, 5.74) is 2.56. The van der Waals surface area contributed by atoms with Crippen LogP contribution in [-0.2, 0) is 12.1 Å². The Bertz CT molecular complexity index is 1270. The maximum absolute atomic E-state index is 11.4. The molecule has 1 aliphatic rings. The zero-order chi connectivity index (χ0) is 22.1. The molecule has 0 saturated carbocycles. The Morgan fingerprint density at radius 3 is 2.72 bits per heavy atom. The molecule has 4 aromatic rings. The molecular weight excluding hydrogens is 402 g/mol. The first-order chi connectivity index (χ1) is 15.6. The van der Waals surface area contributed by atoms with Crippen molar-refractivity contribution in [3.63, 3.8) is 0 Å². The molecular formula is C25H25N5O2. The molecule has 0 bridgehead atoms.